The van der Waals surface area contributed by atoms with Crippen LogP contribution in [0.4, 0.5) is 0 Å². The van der Waals surface area contributed by atoms with Crippen LogP contribution in [0.25, 0.3) is 0 Å². The van der Waals surface area contributed by atoms with Gasteiger partial charge >= 0.3 is 0 Å². The number of rotatable bonds is 3. The first-order valence-electron chi connectivity index (χ1n) is 3.07. The molecule has 0 saturated carbocycles. The lowest BCUT2D eigenvalue weighted by Crippen LogP contribution is -2.43. The number of hydrogen-bond acceptors (Lipinski definition) is 3. The van der Waals surface area contributed by atoms with E-state index in [0.717, 1.165) is 0 Å². The summed E-state index contributed by atoms with van der Waals surface area (Å²) >= 11 is 0. The van der Waals surface area contributed by atoms with E-state index in [1.807, 2.05) is 0 Å². The second-order valence-corrected chi connectivity index (χ2v) is 2.77. The number of hydrogen-bond donors (Lipinski definition) is 3. The zero-order valence-electron chi connectivity index (χ0n) is 5.96. The van der Waals surface area contributed by atoms with Gasteiger partial charge < -0.3 is 15.9 Å². The molecule has 1 atom stereocenters. The summed E-state index contributed by atoms with van der Waals surface area (Å²) in [5, 5.41) is 17.6. The van der Waals surface area contributed by atoms with Gasteiger partial charge in [0.15, 0.2) is 0 Å². The molecule has 0 radical (unpaired) electrons. The van der Waals surface area contributed by atoms with Crippen molar-refractivity contribution in [1.29, 1.82) is 0 Å². The van der Waals surface area contributed by atoms with Crippen molar-refractivity contribution in [2.45, 2.75) is 31.9 Å². The second-order valence-electron chi connectivity index (χ2n) is 2.77. The van der Waals surface area contributed by atoms with Crippen molar-refractivity contribution in [3.8, 4) is 0 Å². The summed E-state index contributed by atoms with van der Waals surface area (Å²) in [4.78, 5) is 0. The zero-order chi connectivity index (χ0) is 7.49. The van der Waals surface area contributed by atoms with Gasteiger partial charge in [0.05, 0.1) is 5.60 Å². The van der Waals surface area contributed by atoms with Gasteiger partial charge in [0, 0.05) is 12.6 Å². The maximum atomic E-state index is 9.18. The smallest absolute Gasteiger partial charge is 0.0742 e. The van der Waals surface area contributed by atoms with Gasteiger partial charge in [-0.15, -0.1) is 0 Å². The predicted octanol–water partition coefficient (Wildman–Crippen LogP) is -0.533. The molecule has 0 heterocycles. The van der Waals surface area contributed by atoms with E-state index in [1.54, 1.807) is 13.8 Å². The average molecular weight is 133 g/mol. The van der Waals surface area contributed by atoms with E-state index >= 15 is 0 Å². The molecule has 0 aliphatic carbocycles. The molecule has 9 heavy (non-hydrogen) atoms. The van der Waals surface area contributed by atoms with Gasteiger partial charge in [-0.25, -0.2) is 0 Å². The fraction of sp³-hybridized carbons (Fsp3) is 1.00. The van der Waals surface area contributed by atoms with E-state index in [1.165, 1.54) is 0 Å². The lowest BCUT2D eigenvalue weighted by atomic mass is 9.97. The van der Waals surface area contributed by atoms with E-state index in [-0.39, 0.29) is 12.6 Å². The molecule has 0 fully saturated rings. The number of nitrogens with two attached hydrogens (primary N) is 1. The topological polar surface area (TPSA) is 66.5 Å². The highest BCUT2D eigenvalue weighted by atomic mass is 16.3. The molecule has 0 aromatic heterocycles. The first-order chi connectivity index (χ1) is 3.98. The standard InChI is InChI=1S/C6H15NO2/c1-6(2,9)5(7)3-4-8/h5,8-9H,3-4,7H2,1-2H3/t5-/m0/s1. The third-order valence-electron chi connectivity index (χ3n) is 1.35. The van der Waals surface area contributed by atoms with Crippen molar-refractivity contribution in [1.82, 2.24) is 0 Å². The summed E-state index contributed by atoms with van der Waals surface area (Å²) in [7, 11) is 0. The van der Waals surface area contributed by atoms with E-state index in [0.29, 0.717) is 6.42 Å². The highest BCUT2D eigenvalue weighted by molar-refractivity contribution is 4.79. The maximum Gasteiger partial charge on any atom is 0.0742 e. The van der Waals surface area contributed by atoms with Gasteiger partial charge in [0.25, 0.3) is 0 Å². The molecule has 0 bridgehead atoms. The minimum atomic E-state index is -0.872. The Kier molecular flexibility index (Phi) is 3.11. The second kappa shape index (κ2) is 3.15. The SMILES string of the molecule is CC(C)(O)[C@@H](N)CCO. The largest absolute Gasteiger partial charge is 0.396 e. The summed E-state index contributed by atoms with van der Waals surface area (Å²) < 4.78 is 0. The van der Waals surface area contributed by atoms with Gasteiger partial charge in [-0.05, 0) is 20.3 Å². The Morgan fingerprint density at radius 2 is 2.00 bits per heavy atom. The molecule has 4 N–H and O–H groups in total. The minimum absolute atomic E-state index is 0.0329. The van der Waals surface area contributed by atoms with Crippen LogP contribution >= 0.6 is 0 Å². The first kappa shape index (κ1) is 8.88. The predicted molar refractivity (Wildman–Crippen MR) is 36.0 cm³/mol. The quantitative estimate of drug-likeness (QED) is 0.484. The third-order valence-corrected chi connectivity index (χ3v) is 1.35. The highest BCUT2D eigenvalue weighted by Crippen LogP contribution is 2.07. The molecule has 56 valence electrons. The summed E-state index contributed by atoms with van der Waals surface area (Å²) in [5.74, 6) is 0. The van der Waals surface area contributed by atoms with Crippen LogP contribution in [0.5, 0.6) is 0 Å². The Labute approximate surface area is 55.5 Å². The minimum Gasteiger partial charge on any atom is -0.396 e. The van der Waals surface area contributed by atoms with Crippen LogP contribution in [-0.4, -0.2) is 28.5 Å². The first-order valence-corrected chi connectivity index (χ1v) is 3.07. The van der Waals surface area contributed by atoms with Gasteiger partial charge in [-0.1, -0.05) is 0 Å². The van der Waals surface area contributed by atoms with Gasteiger partial charge in [-0.2, -0.15) is 0 Å². The summed E-state index contributed by atoms with van der Waals surface area (Å²) in [6, 6.07) is -0.331. The molecule has 0 saturated heterocycles. The van der Waals surface area contributed by atoms with E-state index < -0.39 is 5.60 Å². The summed E-state index contributed by atoms with van der Waals surface area (Å²) in [6.45, 7) is 3.30. The molecule has 0 amide bonds. The molecular formula is C6H15NO2. The molecule has 3 heteroatoms. The fourth-order valence-corrected chi connectivity index (χ4v) is 0.492. The van der Waals surface area contributed by atoms with Crippen molar-refractivity contribution >= 4 is 0 Å². The normalized spacial score (nSPS) is 15.7. The Balaban J connectivity index is 3.59. The molecule has 3 nitrogen and oxygen atoms in total. The average Bonchev–Trinajstić information content (AvgIpc) is 1.64. The Morgan fingerprint density at radius 3 is 2.11 bits per heavy atom. The summed E-state index contributed by atoms with van der Waals surface area (Å²) in [6.07, 6.45) is 0.448. The molecule has 0 aliphatic heterocycles. The zero-order valence-corrected chi connectivity index (χ0v) is 5.96. The van der Waals surface area contributed by atoms with Crippen LogP contribution in [0, 0.1) is 0 Å². The molecular weight excluding hydrogens is 118 g/mol. The molecule has 0 spiro atoms. The van der Waals surface area contributed by atoms with Crippen molar-refractivity contribution in [3.05, 3.63) is 0 Å². The van der Waals surface area contributed by atoms with Gasteiger partial charge in [0.1, 0.15) is 0 Å². The number of aliphatic hydroxyl groups excluding tert-OH is 1. The summed E-state index contributed by atoms with van der Waals surface area (Å²) in [5.41, 5.74) is 4.58. The van der Waals surface area contributed by atoms with Crippen LogP contribution in [0.1, 0.15) is 20.3 Å². The Morgan fingerprint density at radius 1 is 1.56 bits per heavy atom. The molecule has 0 aromatic rings. The van der Waals surface area contributed by atoms with Crippen LogP contribution in [0.15, 0.2) is 0 Å². The molecule has 0 aliphatic rings. The lowest BCUT2D eigenvalue weighted by Gasteiger charge is -2.24. The van der Waals surface area contributed by atoms with Crippen LogP contribution in [-0.2, 0) is 0 Å². The van der Waals surface area contributed by atoms with Gasteiger partial charge in [0.2, 0.25) is 0 Å². The highest BCUT2D eigenvalue weighted by Gasteiger charge is 2.21. The monoisotopic (exact) mass is 133 g/mol. The van der Waals surface area contributed by atoms with Crippen molar-refractivity contribution in [3.63, 3.8) is 0 Å². The van der Waals surface area contributed by atoms with Crippen LogP contribution < -0.4 is 5.73 Å². The third kappa shape index (κ3) is 3.46. The van der Waals surface area contributed by atoms with Crippen LogP contribution in [0.3, 0.4) is 0 Å². The van der Waals surface area contributed by atoms with E-state index in [2.05, 4.69) is 0 Å². The van der Waals surface area contributed by atoms with Gasteiger partial charge in [-0.3, -0.25) is 0 Å². The number of aliphatic hydroxyl groups is 2. The van der Waals surface area contributed by atoms with Crippen molar-refractivity contribution in [2.75, 3.05) is 6.61 Å². The molecule has 0 rings (SSSR count). The Hall–Kier alpha value is -0.120. The van der Waals surface area contributed by atoms with E-state index in [4.69, 9.17) is 10.8 Å². The molecule has 0 aromatic carbocycles. The lowest BCUT2D eigenvalue weighted by molar-refractivity contribution is 0.0427. The van der Waals surface area contributed by atoms with Crippen molar-refractivity contribution < 1.29 is 10.2 Å². The Bertz CT molecular complexity index is 77.6. The van der Waals surface area contributed by atoms with Crippen LogP contribution in [0.2, 0.25) is 0 Å². The van der Waals surface area contributed by atoms with Crippen molar-refractivity contribution in [2.24, 2.45) is 5.73 Å². The fourth-order valence-electron chi connectivity index (χ4n) is 0.492. The maximum absolute atomic E-state index is 9.18. The van der Waals surface area contributed by atoms with E-state index in [9.17, 15) is 5.11 Å². The molecule has 0 unspecified atom stereocenters.